The fraction of sp³-hybridized carbons (Fsp3) is 0.312. The van der Waals surface area contributed by atoms with Gasteiger partial charge in [-0.25, -0.2) is 9.59 Å². The lowest BCUT2D eigenvalue weighted by molar-refractivity contribution is -0.150. The molecule has 0 aromatic heterocycles. The molecule has 0 aliphatic carbocycles. The van der Waals surface area contributed by atoms with Crippen molar-refractivity contribution in [1.29, 1.82) is 0 Å². The molecule has 3 aromatic rings. The summed E-state index contributed by atoms with van der Waals surface area (Å²) in [7, 11) is 0. The van der Waals surface area contributed by atoms with Gasteiger partial charge in [0.1, 0.15) is 25.3 Å². The van der Waals surface area contributed by atoms with Crippen molar-refractivity contribution in [3.05, 3.63) is 107 Å². The second kappa shape index (κ2) is 12.6. The van der Waals surface area contributed by atoms with Crippen molar-refractivity contribution in [2.24, 2.45) is 0 Å². The Balaban J connectivity index is 1.23. The van der Waals surface area contributed by atoms with E-state index in [0.717, 1.165) is 11.1 Å². The van der Waals surface area contributed by atoms with E-state index in [0.29, 0.717) is 49.9 Å². The van der Waals surface area contributed by atoms with Gasteiger partial charge in [-0.2, -0.15) is 0 Å². The number of ether oxygens (including phenoxy) is 2. The summed E-state index contributed by atoms with van der Waals surface area (Å²) in [5.74, 6) is -1.52. The normalized spacial score (nSPS) is 18.4. The van der Waals surface area contributed by atoms with Gasteiger partial charge in [0.2, 0.25) is 0 Å². The first-order valence-corrected chi connectivity index (χ1v) is 13.6. The van der Waals surface area contributed by atoms with Crippen molar-refractivity contribution >= 4 is 23.8 Å². The lowest BCUT2D eigenvalue weighted by Crippen LogP contribution is -2.42. The highest BCUT2D eigenvalue weighted by molar-refractivity contribution is 6.02. The second-order valence-electron chi connectivity index (χ2n) is 10.1. The van der Waals surface area contributed by atoms with Crippen molar-refractivity contribution in [3.8, 4) is 0 Å². The number of benzene rings is 3. The third kappa shape index (κ3) is 6.22. The molecule has 8 heteroatoms. The summed E-state index contributed by atoms with van der Waals surface area (Å²) in [6.45, 7) is 1.16. The maximum absolute atomic E-state index is 13.4. The van der Waals surface area contributed by atoms with Crippen LogP contribution in [0.15, 0.2) is 84.9 Å². The summed E-state index contributed by atoms with van der Waals surface area (Å²) in [4.78, 5) is 55.6. The number of esters is 2. The predicted octanol–water partition coefficient (Wildman–Crippen LogP) is 4.38. The van der Waals surface area contributed by atoms with E-state index in [1.807, 2.05) is 60.7 Å². The van der Waals surface area contributed by atoms with Crippen LogP contribution in [0.1, 0.15) is 57.5 Å². The summed E-state index contributed by atoms with van der Waals surface area (Å²) in [6, 6.07) is 23.9. The van der Waals surface area contributed by atoms with E-state index in [9.17, 15) is 19.2 Å². The summed E-state index contributed by atoms with van der Waals surface area (Å²) >= 11 is 0. The average Bonchev–Trinajstić information content (AvgIpc) is 3.70. The fourth-order valence-electron chi connectivity index (χ4n) is 5.28. The fourth-order valence-corrected chi connectivity index (χ4v) is 5.28. The van der Waals surface area contributed by atoms with Gasteiger partial charge in [0, 0.05) is 24.2 Å². The van der Waals surface area contributed by atoms with Crippen LogP contribution in [-0.4, -0.2) is 58.7 Å². The van der Waals surface area contributed by atoms with Crippen molar-refractivity contribution in [1.82, 2.24) is 9.80 Å². The summed E-state index contributed by atoms with van der Waals surface area (Å²) in [5.41, 5.74) is 2.39. The highest BCUT2D eigenvalue weighted by Gasteiger charge is 2.38. The van der Waals surface area contributed by atoms with Crippen molar-refractivity contribution < 1.29 is 28.7 Å². The van der Waals surface area contributed by atoms with Crippen LogP contribution >= 0.6 is 0 Å². The smallest absolute Gasteiger partial charge is 0.329 e. The van der Waals surface area contributed by atoms with Crippen molar-refractivity contribution in [3.63, 3.8) is 0 Å². The van der Waals surface area contributed by atoms with Crippen LogP contribution in [0.3, 0.4) is 0 Å². The van der Waals surface area contributed by atoms with E-state index < -0.39 is 24.0 Å². The van der Waals surface area contributed by atoms with Crippen LogP contribution in [0.2, 0.25) is 0 Å². The molecule has 2 fully saturated rings. The standard InChI is InChI=1S/C32H32N2O6/c35-29(33-18-8-16-27(33)31(37)39-21-23-10-3-1-4-11-23)25-14-7-15-26(20-25)30(36)34-19-9-17-28(34)32(38)40-22-24-12-5-2-6-13-24/h1-7,10-15,20,27-28H,8-9,16-19,21-22H2/t27-,28-/m1/s1. The summed E-state index contributed by atoms with van der Waals surface area (Å²) < 4.78 is 11.0. The Morgan fingerprint density at radius 2 is 1.02 bits per heavy atom. The molecule has 0 unspecified atom stereocenters. The van der Waals surface area contributed by atoms with E-state index in [4.69, 9.17) is 9.47 Å². The van der Waals surface area contributed by atoms with Gasteiger partial charge in [0.25, 0.3) is 11.8 Å². The van der Waals surface area contributed by atoms with Gasteiger partial charge in [-0.3, -0.25) is 9.59 Å². The molecule has 40 heavy (non-hydrogen) atoms. The minimum absolute atomic E-state index is 0.146. The Morgan fingerprint density at radius 3 is 1.45 bits per heavy atom. The van der Waals surface area contributed by atoms with Crippen LogP contribution in [0.5, 0.6) is 0 Å². The molecule has 2 aliphatic heterocycles. The number of carbonyl (C=O) groups excluding carboxylic acids is 4. The number of amides is 2. The molecule has 0 N–H and O–H groups in total. The van der Waals surface area contributed by atoms with Crippen molar-refractivity contribution in [2.45, 2.75) is 51.0 Å². The number of rotatable bonds is 8. The monoisotopic (exact) mass is 540 g/mol. The number of carbonyl (C=O) groups is 4. The van der Waals surface area contributed by atoms with Crippen LogP contribution in [0, 0.1) is 0 Å². The van der Waals surface area contributed by atoms with Gasteiger partial charge >= 0.3 is 11.9 Å². The molecule has 0 radical (unpaired) electrons. The summed E-state index contributed by atoms with van der Waals surface area (Å²) in [5, 5.41) is 0. The molecule has 2 atom stereocenters. The first kappa shape index (κ1) is 27.1. The second-order valence-corrected chi connectivity index (χ2v) is 10.1. The van der Waals surface area contributed by atoms with Gasteiger partial charge in [-0.15, -0.1) is 0 Å². The maximum atomic E-state index is 13.4. The Bertz CT molecular complexity index is 1260. The quantitative estimate of drug-likeness (QED) is 0.394. The topological polar surface area (TPSA) is 93.2 Å². The first-order chi connectivity index (χ1) is 19.5. The molecular formula is C32H32N2O6. The highest BCUT2D eigenvalue weighted by Crippen LogP contribution is 2.25. The molecule has 206 valence electrons. The van der Waals surface area contributed by atoms with Crippen LogP contribution in [0.4, 0.5) is 0 Å². The van der Waals surface area contributed by atoms with Crippen molar-refractivity contribution in [2.75, 3.05) is 13.1 Å². The number of likely N-dealkylation sites (tertiary alicyclic amines) is 2. The Hall–Kier alpha value is -4.46. The molecule has 0 bridgehead atoms. The van der Waals surface area contributed by atoms with E-state index in [-0.39, 0.29) is 25.0 Å². The molecule has 2 amide bonds. The Labute approximate surface area is 233 Å². The Kier molecular flexibility index (Phi) is 8.54. The molecule has 2 heterocycles. The number of hydrogen-bond donors (Lipinski definition) is 0. The number of hydrogen-bond acceptors (Lipinski definition) is 6. The average molecular weight is 541 g/mol. The Morgan fingerprint density at radius 1 is 0.600 bits per heavy atom. The highest BCUT2D eigenvalue weighted by atomic mass is 16.5. The SMILES string of the molecule is O=C(OCc1ccccc1)[C@H]1CCCN1C(=O)c1cccc(C(=O)N2CCC[C@@H]2C(=O)OCc2ccccc2)c1. The van der Waals surface area contributed by atoms with E-state index >= 15 is 0 Å². The van der Waals surface area contributed by atoms with Gasteiger partial charge in [-0.1, -0.05) is 66.7 Å². The largest absolute Gasteiger partial charge is 0.459 e. The molecule has 0 saturated carbocycles. The molecule has 8 nitrogen and oxygen atoms in total. The van der Waals surface area contributed by atoms with Gasteiger partial charge < -0.3 is 19.3 Å². The minimum Gasteiger partial charge on any atom is -0.459 e. The van der Waals surface area contributed by atoms with Crippen LogP contribution in [-0.2, 0) is 32.3 Å². The zero-order valence-electron chi connectivity index (χ0n) is 22.2. The van der Waals surface area contributed by atoms with E-state index in [1.54, 1.807) is 24.3 Å². The molecular weight excluding hydrogens is 508 g/mol. The van der Waals surface area contributed by atoms with Crippen LogP contribution in [0.25, 0.3) is 0 Å². The van der Waals surface area contributed by atoms with E-state index in [2.05, 4.69) is 0 Å². The lowest BCUT2D eigenvalue weighted by atomic mass is 10.1. The third-order valence-corrected chi connectivity index (χ3v) is 7.38. The zero-order chi connectivity index (χ0) is 27.9. The van der Waals surface area contributed by atoms with E-state index in [1.165, 1.54) is 9.80 Å². The maximum Gasteiger partial charge on any atom is 0.329 e. The predicted molar refractivity (Wildman–Crippen MR) is 147 cm³/mol. The third-order valence-electron chi connectivity index (χ3n) is 7.38. The molecule has 5 rings (SSSR count). The minimum atomic E-state index is -0.669. The molecule has 3 aromatic carbocycles. The lowest BCUT2D eigenvalue weighted by Gasteiger charge is -2.25. The zero-order valence-corrected chi connectivity index (χ0v) is 22.2. The first-order valence-electron chi connectivity index (χ1n) is 13.6. The van der Waals surface area contributed by atoms with Crippen LogP contribution < -0.4 is 0 Å². The van der Waals surface area contributed by atoms with Gasteiger partial charge in [-0.05, 0) is 55.0 Å². The van der Waals surface area contributed by atoms with Gasteiger partial charge in [0.05, 0.1) is 0 Å². The number of nitrogens with zero attached hydrogens (tertiary/aromatic N) is 2. The molecule has 2 saturated heterocycles. The summed E-state index contributed by atoms with van der Waals surface area (Å²) in [6.07, 6.45) is 2.43. The van der Waals surface area contributed by atoms with Gasteiger partial charge in [0.15, 0.2) is 0 Å². The molecule has 0 spiro atoms. The molecule has 2 aliphatic rings.